The number of aromatic nitrogens is 1. The lowest BCUT2D eigenvalue weighted by molar-refractivity contribution is 0.572. The first-order valence-electron chi connectivity index (χ1n) is 8.54. The Morgan fingerprint density at radius 1 is 1.00 bits per heavy atom. The second-order valence-electron chi connectivity index (χ2n) is 6.40. The van der Waals surface area contributed by atoms with Crippen LogP contribution in [0.1, 0.15) is 30.4 Å². The average molecular weight is 414 g/mol. The Labute approximate surface area is 164 Å². The predicted molar refractivity (Wildman–Crippen MR) is 106 cm³/mol. The molecule has 0 amide bonds. The van der Waals surface area contributed by atoms with Crippen LogP contribution in [0.25, 0.3) is 0 Å². The van der Waals surface area contributed by atoms with Gasteiger partial charge >= 0.3 is 0 Å². The van der Waals surface area contributed by atoms with E-state index in [-0.39, 0.29) is 12.3 Å². The summed E-state index contributed by atoms with van der Waals surface area (Å²) in [5.74, 6) is 0.763. The number of nitrogens with zero attached hydrogens (tertiary/aromatic N) is 2. The summed E-state index contributed by atoms with van der Waals surface area (Å²) in [7, 11) is -3.49. The summed E-state index contributed by atoms with van der Waals surface area (Å²) in [6.45, 7) is 2.23. The molecule has 2 aromatic rings. The normalized spacial score (nSPS) is 15.2. The highest BCUT2D eigenvalue weighted by atomic mass is 35.5. The molecule has 0 unspecified atom stereocenters. The van der Waals surface area contributed by atoms with Crippen molar-refractivity contribution < 1.29 is 8.42 Å². The highest BCUT2D eigenvalue weighted by molar-refractivity contribution is 7.88. The Kier molecular flexibility index (Phi) is 6.40. The lowest BCUT2D eigenvalue weighted by Crippen LogP contribution is -2.30. The van der Waals surface area contributed by atoms with E-state index in [1.807, 2.05) is 12.1 Å². The zero-order chi connectivity index (χ0) is 18.6. The van der Waals surface area contributed by atoms with E-state index in [1.54, 1.807) is 24.4 Å². The van der Waals surface area contributed by atoms with E-state index in [9.17, 15) is 8.42 Å². The standard InChI is InChI=1S/C18H21Cl2N3O2S/c19-16-5-4-15(10-17(16)20)13-26(24,25)22-12-14-6-7-21-18(11-14)23-8-2-1-3-9-23/h4-7,10-11,22H,1-3,8-9,12-13H2. The number of benzene rings is 1. The lowest BCUT2D eigenvalue weighted by Gasteiger charge is -2.27. The van der Waals surface area contributed by atoms with Gasteiger partial charge in [-0.3, -0.25) is 0 Å². The second kappa shape index (κ2) is 8.57. The van der Waals surface area contributed by atoms with Crippen LogP contribution in [-0.2, 0) is 22.3 Å². The quantitative estimate of drug-likeness (QED) is 0.776. The largest absolute Gasteiger partial charge is 0.357 e. The monoisotopic (exact) mass is 413 g/mol. The van der Waals surface area contributed by atoms with Crippen LogP contribution in [0.3, 0.4) is 0 Å². The van der Waals surface area contributed by atoms with Crippen molar-refractivity contribution in [3.05, 3.63) is 57.7 Å². The highest BCUT2D eigenvalue weighted by Gasteiger charge is 2.15. The molecule has 1 saturated heterocycles. The average Bonchev–Trinajstić information content (AvgIpc) is 2.64. The van der Waals surface area contributed by atoms with Crippen molar-refractivity contribution in [3.8, 4) is 0 Å². The van der Waals surface area contributed by atoms with Gasteiger partial charge in [-0.15, -0.1) is 0 Å². The van der Waals surface area contributed by atoms with Gasteiger partial charge in [0.25, 0.3) is 0 Å². The Bertz CT molecular complexity index is 868. The molecule has 0 atom stereocenters. The van der Waals surface area contributed by atoms with Crippen molar-refractivity contribution in [3.63, 3.8) is 0 Å². The molecule has 0 saturated carbocycles. The minimum Gasteiger partial charge on any atom is -0.357 e. The Hall–Kier alpha value is -1.34. The van der Waals surface area contributed by atoms with Gasteiger partial charge in [-0.2, -0.15) is 0 Å². The van der Waals surface area contributed by atoms with Crippen LogP contribution >= 0.6 is 23.2 Å². The molecule has 1 aliphatic heterocycles. The van der Waals surface area contributed by atoms with Crippen LogP contribution in [-0.4, -0.2) is 26.5 Å². The van der Waals surface area contributed by atoms with Crippen molar-refractivity contribution in [1.29, 1.82) is 0 Å². The third-order valence-corrected chi connectivity index (χ3v) is 6.36. The maximum absolute atomic E-state index is 12.3. The molecule has 0 spiro atoms. The summed E-state index contributed by atoms with van der Waals surface area (Å²) < 4.78 is 27.3. The van der Waals surface area contributed by atoms with Gasteiger partial charge in [-0.25, -0.2) is 18.1 Å². The topological polar surface area (TPSA) is 62.3 Å². The molecule has 3 rings (SSSR count). The van der Waals surface area contributed by atoms with Crippen LogP contribution in [0.2, 0.25) is 10.0 Å². The second-order valence-corrected chi connectivity index (χ2v) is 9.02. The Morgan fingerprint density at radius 2 is 1.77 bits per heavy atom. The zero-order valence-corrected chi connectivity index (χ0v) is 16.6. The van der Waals surface area contributed by atoms with E-state index >= 15 is 0 Å². The summed E-state index contributed by atoms with van der Waals surface area (Å²) in [6.07, 6.45) is 5.32. The molecule has 140 valence electrons. The van der Waals surface area contributed by atoms with Crippen LogP contribution in [0, 0.1) is 0 Å². The molecule has 0 aliphatic carbocycles. The molecule has 0 bridgehead atoms. The fourth-order valence-electron chi connectivity index (χ4n) is 2.96. The number of halogens is 2. The van der Waals surface area contributed by atoms with E-state index in [0.29, 0.717) is 15.6 Å². The number of hydrogen-bond donors (Lipinski definition) is 1. The van der Waals surface area contributed by atoms with Crippen LogP contribution in [0.4, 0.5) is 5.82 Å². The van der Waals surface area contributed by atoms with Gasteiger partial charge in [-0.1, -0.05) is 29.3 Å². The number of hydrogen-bond acceptors (Lipinski definition) is 4. The van der Waals surface area contributed by atoms with E-state index in [2.05, 4.69) is 14.6 Å². The summed E-state index contributed by atoms with van der Waals surface area (Å²) >= 11 is 11.8. The van der Waals surface area contributed by atoms with Gasteiger partial charge in [0, 0.05) is 25.8 Å². The lowest BCUT2D eigenvalue weighted by atomic mass is 10.1. The number of nitrogens with one attached hydrogen (secondary N) is 1. The van der Waals surface area contributed by atoms with Gasteiger partial charge in [0.1, 0.15) is 5.82 Å². The Morgan fingerprint density at radius 3 is 2.50 bits per heavy atom. The maximum atomic E-state index is 12.3. The SMILES string of the molecule is O=S(=O)(Cc1ccc(Cl)c(Cl)c1)NCc1ccnc(N2CCCCC2)c1. The number of sulfonamides is 1. The molecule has 1 fully saturated rings. The van der Waals surface area contributed by atoms with Gasteiger partial charge in [0.2, 0.25) is 10.0 Å². The van der Waals surface area contributed by atoms with Gasteiger partial charge < -0.3 is 4.90 Å². The van der Waals surface area contributed by atoms with Crippen molar-refractivity contribution in [2.45, 2.75) is 31.6 Å². The molecule has 1 N–H and O–H groups in total. The van der Waals surface area contributed by atoms with E-state index in [4.69, 9.17) is 23.2 Å². The molecule has 0 radical (unpaired) electrons. The first-order chi connectivity index (χ1) is 12.4. The molecule has 2 heterocycles. The number of anilines is 1. The molecule has 1 aromatic heterocycles. The van der Waals surface area contributed by atoms with Crippen molar-refractivity contribution >= 4 is 39.0 Å². The van der Waals surface area contributed by atoms with E-state index in [0.717, 1.165) is 24.5 Å². The van der Waals surface area contributed by atoms with Crippen molar-refractivity contribution in [2.75, 3.05) is 18.0 Å². The minimum absolute atomic E-state index is 0.145. The van der Waals surface area contributed by atoms with E-state index < -0.39 is 10.0 Å². The number of pyridine rings is 1. The summed E-state index contributed by atoms with van der Waals surface area (Å²) in [6, 6.07) is 8.61. The number of rotatable bonds is 6. The summed E-state index contributed by atoms with van der Waals surface area (Å²) in [5, 5.41) is 0.752. The molecule has 1 aromatic carbocycles. The summed E-state index contributed by atoms with van der Waals surface area (Å²) in [5.41, 5.74) is 1.48. The van der Waals surface area contributed by atoms with Gasteiger partial charge in [0.05, 0.1) is 15.8 Å². The summed E-state index contributed by atoms with van der Waals surface area (Å²) in [4.78, 5) is 6.66. The first-order valence-corrected chi connectivity index (χ1v) is 10.9. The molecule has 5 nitrogen and oxygen atoms in total. The molecular formula is C18H21Cl2N3O2S. The van der Waals surface area contributed by atoms with Gasteiger partial charge in [0.15, 0.2) is 0 Å². The number of piperidine rings is 1. The minimum atomic E-state index is -3.49. The third kappa shape index (κ3) is 5.33. The van der Waals surface area contributed by atoms with Crippen molar-refractivity contribution in [2.24, 2.45) is 0 Å². The fourth-order valence-corrected chi connectivity index (χ4v) is 4.39. The van der Waals surface area contributed by atoms with Crippen molar-refractivity contribution in [1.82, 2.24) is 9.71 Å². The predicted octanol–water partition coefficient (Wildman–Crippen LogP) is 4.00. The highest BCUT2D eigenvalue weighted by Crippen LogP contribution is 2.23. The van der Waals surface area contributed by atoms with E-state index in [1.165, 1.54) is 19.3 Å². The fraction of sp³-hybridized carbons (Fsp3) is 0.389. The Balaban J connectivity index is 1.63. The van der Waals surface area contributed by atoms with Crippen LogP contribution in [0.5, 0.6) is 0 Å². The van der Waals surface area contributed by atoms with Gasteiger partial charge in [-0.05, 0) is 54.7 Å². The molecule has 1 aliphatic rings. The maximum Gasteiger partial charge on any atom is 0.216 e. The molecule has 8 heteroatoms. The molecular weight excluding hydrogens is 393 g/mol. The molecule has 26 heavy (non-hydrogen) atoms. The van der Waals surface area contributed by atoms with Crippen LogP contribution in [0.15, 0.2) is 36.5 Å². The third-order valence-electron chi connectivity index (χ3n) is 4.33. The van der Waals surface area contributed by atoms with Crippen LogP contribution < -0.4 is 9.62 Å². The smallest absolute Gasteiger partial charge is 0.216 e. The zero-order valence-electron chi connectivity index (χ0n) is 14.3. The first kappa shape index (κ1) is 19.4.